The lowest BCUT2D eigenvalue weighted by Crippen LogP contribution is -2.61. The fourth-order valence-electron chi connectivity index (χ4n) is 8.69. The Balaban J connectivity index is 1.13. The average Bonchev–Trinajstić information content (AvgIpc) is 3.60. The van der Waals surface area contributed by atoms with E-state index < -0.39 is 0 Å². The summed E-state index contributed by atoms with van der Waals surface area (Å²) in [5.74, 6) is 0. The molecule has 0 unspecified atom stereocenters. The molecule has 0 saturated carbocycles. The van der Waals surface area contributed by atoms with Gasteiger partial charge in [0.15, 0.2) is 0 Å². The number of nitrogens with zero attached hydrogens (tertiary/aromatic N) is 2. The van der Waals surface area contributed by atoms with E-state index >= 15 is 0 Å². The van der Waals surface area contributed by atoms with Crippen molar-refractivity contribution in [3.8, 4) is 22.3 Å². The first-order valence-corrected chi connectivity index (χ1v) is 17.9. The maximum absolute atomic E-state index is 6.43. The van der Waals surface area contributed by atoms with Gasteiger partial charge in [0.05, 0.1) is 0 Å². The molecule has 0 saturated heterocycles. The van der Waals surface area contributed by atoms with Crippen LogP contribution in [0, 0.1) is 0 Å². The van der Waals surface area contributed by atoms with Crippen LogP contribution in [0.4, 0.5) is 34.1 Å². The van der Waals surface area contributed by atoms with E-state index in [1.807, 2.05) is 12.1 Å². The van der Waals surface area contributed by atoms with Crippen molar-refractivity contribution in [3.63, 3.8) is 0 Å². The van der Waals surface area contributed by atoms with Crippen molar-refractivity contribution in [1.82, 2.24) is 0 Å². The van der Waals surface area contributed by atoms with Crippen molar-refractivity contribution >= 4 is 79.2 Å². The quantitative estimate of drug-likeness (QED) is 0.175. The molecule has 1 aromatic heterocycles. The van der Waals surface area contributed by atoms with E-state index in [1.54, 1.807) is 0 Å². The maximum Gasteiger partial charge on any atom is 0.252 e. The Morgan fingerprint density at radius 2 is 0.865 bits per heavy atom. The van der Waals surface area contributed by atoms with E-state index in [0.717, 1.165) is 44.4 Å². The minimum atomic E-state index is 0.0393. The molecule has 242 valence electrons. The summed E-state index contributed by atoms with van der Waals surface area (Å²) in [6.45, 7) is 0.0393. The van der Waals surface area contributed by atoms with Gasteiger partial charge in [-0.15, -0.1) is 0 Å². The van der Waals surface area contributed by atoms with E-state index in [4.69, 9.17) is 4.42 Å². The molecule has 2 aliphatic heterocycles. The van der Waals surface area contributed by atoms with Gasteiger partial charge in [0, 0.05) is 50.5 Å². The Bertz CT molecular complexity index is 2790. The van der Waals surface area contributed by atoms with E-state index in [1.165, 1.54) is 50.3 Å². The van der Waals surface area contributed by atoms with Crippen LogP contribution in [-0.4, -0.2) is 6.71 Å². The number of rotatable bonds is 4. The summed E-state index contributed by atoms with van der Waals surface area (Å²) in [4.78, 5) is 4.90. The third-order valence-corrected chi connectivity index (χ3v) is 10.9. The van der Waals surface area contributed by atoms with Crippen molar-refractivity contribution < 1.29 is 4.42 Å². The third kappa shape index (κ3) is 4.21. The van der Waals surface area contributed by atoms with Gasteiger partial charge < -0.3 is 14.2 Å². The first-order chi connectivity index (χ1) is 25.8. The van der Waals surface area contributed by atoms with E-state index in [9.17, 15) is 0 Å². The summed E-state index contributed by atoms with van der Waals surface area (Å²) in [5, 5.41) is 2.29. The van der Waals surface area contributed by atoms with Crippen molar-refractivity contribution in [1.29, 1.82) is 0 Å². The first kappa shape index (κ1) is 29.0. The standard InChI is InChI=1S/C48H31BN2O/c1-3-14-34(15-4-1)50-41-23-9-8-22-40(41)49-46-36(19-12-24-42(46)51(35-16-5-2-6-17-35)44-26-13-25-43(50)47(44)49)32-28-30-33(31-29-32)37-20-11-21-39-38-18-7-10-27-45(38)52-48(37)39/h1-31H. The van der Waals surface area contributed by atoms with Crippen molar-refractivity contribution in [2.75, 3.05) is 9.80 Å². The van der Waals surface area contributed by atoms with Crippen LogP contribution >= 0.6 is 0 Å². The zero-order valence-electron chi connectivity index (χ0n) is 28.3. The topological polar surface area (TPSA) is 19.6 Å². The summed E-state index contributed by atoms with van der Waals surface area (Å²) in [6, 6.07) is 67.9. The highest BCUT2D eigenvalue weighted by molar-refractivity contribution is 7.01. The van der Waals surface area contributed by atoms with Crippen LogP contribution in [0.15, 0.2) is 192 Å². The van der Waals surface area contributed by atoms with Crippen LogP contribution in [0.5, 0.6) is 0 Å². The lowest BCUT2D eigenvalue weighted by atomic mass is 9.32. The highest BCUT2D eigenvalue weighted by Crippen LogP contribution is 2.45. The summed E-state index contributed by atoms with van der Waals surface area (Å²) >= 11 is 0. The molecule has 0 bridgehead atoms. The second-order valence-electron chi connectivity index (χ2n) is 13.6. The summed E-state index contributed by atoms with van der Waals surface area (Å²) < 4.78 is 6.43. The Labute approximate surface area is 302 Å². The van der Waals surface area contributed by atoms with Crippen LogP contribution in [-0.2, 0) is 0 Å². The average molecular weight is 663 g/mol. The molecular formula is C48H31BN2O. The van der Waals surface area contributed by atoms with Gasteiger partial charge in [-0.1, -0.05) is 133 Å². The molecule has 8 aromatic carbocycles. The third-order valence-electron chi connectivity index (χ3n) is 10.9. The largest absolute Gasteiger partial charge is 0.455 e. The van der Waals surface area contributed by atoms with Gasteiger partial charge in [-0.05, 0) is 87.7 Å². The number of hydrogen-bond donors (Lipinski definition) is 0. The second-order valence-corrected chi connectivity index (χ2v) is 13.6. The van der Waals surface area contributed by atoms with Crippen molar-refractivity contribution in [3.05, 3.63) is 188 Å². The molecule has 0 aliphatic carbocycles. The second kappa shape index (κ2) is 11.4. The number of hydrogen-bond acceptors (Lipinski definition) is 3. The molecule has 0 fully saturated rings. The Morgan fingerprint density at radius 1 is 0.365 bits per heavy atom. The van der Waals surface area contributed by atoms with Gasteiger partial charge in [0.1, 0.15) is 11.2 Å². The summed E-state index contributed by atoms with van der Waals surface area (Å²) in [7, 11) is 0. The maximum atomic E-state index is 6.43. The molecule has 11 rings (SSSR count). The monoisotopic (exact) mass is 662 g/mol. The number of furan rings is 1. The van der Waals surface area contributed by atoms with Crippen LogP contribution in [0.3, 0.4) is 0 Å². The first-order valence-electron chi connectivity index (χ1n) is 17.9. The molecule has 52 heavy (non-hydrogen) atoms. The predicted octanol–water partition coefficient (Wildman–Crippen LogP) is 11.0. The number of benzene rings is 8. The molecule has 0 amide bonds. The normalized spacial score (nSPS) is 12.9. The SMILES string of the molecule is c1ccc(N2c3ccccc3B3c4c(-c5ccc(-c6cccc7c6oc6ccccc67)cc5)cccc4N(c4ccccc4)c4cccc2c43)cc1. The molecule has 0 N–H and O–H groups in total. The fourth-order valence-corrected chi connectivity index (χ4v) is 8.69. The van der Waals surface area contributed by atoms with Gasteiger partial charge in [0.25, 0.3) is 6.71 Å². The summed E-state index contributed by atoms with van der Waals surface area (Å²) in [5.41, 5.74) is 17.6. The summed E-state index contributed by atoms with van der Waals surface area (Å²) in [6.07, 6.45) is 0. The predicted molar refractivity (Wildman–Crippen MR) is 219 cm³/mol. The lowest BCUT2D eigenvalue weighted by molar-refractivity contribution is 0.670. The van der Waals surface area contributed by atoms with Gasteiger partial charge in [-0.3, -0.25) is 0 Å². The molecule has 0 atom stereocenters. The Kier molecular flexibility index (Phi) is 6.35. The zero-order chi connectivity index (χ0) is 34.2. The van der Waals surface area contributed by atoms with E-state index in [0.29, 0.717) is 0 Å². The van der Waals surface area contributed by atoms with E-state index in [2.05, 4.69) is 186 Å². The molecule has 3 nitrogen and oxygen atoms in total. The molecule has 0 spiro atoms. The molecule has 2 aliphatic rings. The smallest absolute Gasteiger partial charge is 0.252 e. The minimum absolute atomic E-state index is 0.0393. The van der Waals surface area contributed by atoms with Crippen molar-refractivity contribution in [2.24, 2.45) is 0 Å². The fraction of sp³-hybridized carbons (Fsp3) is 0. The van der Waals surface area contributed by atoms with Crippen LogP contribution in [0.25, 0.3) is 44.2 Å². The Hall–Kier alpha value is -6.78. The zero-order valence-corrected chi connectivity index (χ0v) is 28.3. The number of anilines is 6. The van der Waals surface area contributed by atoms with E-state index in [-0.39, 0.29) is 6.71 Å². The van der Waals surface area contributed by atoms with Gasteiger partial charge in [0.2, 0.25) is 0 Å². The lowest BCUT2D eigenvalue weighted by Gasteiger charge is -2.44. The van der Waals surface area contributed by atoms with Crippen LogP contribution in [0.1, 0.15) is 0 Å². The molecule has 0 radical (unpaired) electrons. The number of fused-ring (bicyclic) bond motifs is 7. The highest BCUT2D eigenvalue weighted by Gasteiger charge is 2.44. The van der Waals surface area contributed by atoms with Crippen LogP contribution in [0.2, 0.25) is 0 Å². The molecule has 3 heterocycles. The van der Waals surface area contributed by atoms with Gasteiger partial charge in [-0.2, -0.15) is 0 Å². The minimum Gasteiger partial charge on any atom is -0.455 e. The van der Waals surface area contributed by atoms with Crippen LogP contribution < -0.4 is 26.2 Å². The molecule has 4 heteroatoms. The van der Waals surface area contributed by atoms with Crippen molar-refractivity contribution in [2.45, 2.75) is 0 Å². The van der Waals surface area contributed by atoms with Gasteiger partial charge >= 0.3 is 0 Å². The number of para-hydroxylation sites is 5. The molecular weight excluding hydrogens is 631 g/mol. The highest BCUT2D eigenvalue weighted by atomic mass is 16.3. The Morgan fingerprint density at radius 3 is 1.60 bits per heavy atom. The van der Waals surface area contributed by atoms with Gasteiger partial charge in [-0.25, -0.2) is 0 Å². The molecule has 9 aromatic rings.